The first-order chi connectivity index (χ1) is 17.1. The third-order valence-electron chi connectivity index (χ3n) is 6.41. The number of fused-ring (bicyclic) bond motifs is 1. The normalized spacial score (nSPS) is 18.9. The molecule has 35 heavy (non-hydrogen) atoms. The first-order valence-corrected chi connectivity index (χ1v) is 11.4. The molecule has 0 spiro atoms. The van der Waals surface area contributed by atoms with Gasteiger partial charge in [-0.25, -0.2) is 4.98 Å². The van der Waals surface area contributed by atoms with Crippen molar-refractivity contribution in [1.29, 1.82) is 0 Å². The zero-order valence-corrected chi connectivity index (χ0v) is 19.3. The van der Waals surface area contributed by atoms with Crippen molar-refractivity contribution in [3.05, 3.63) is 90.2 Å². The summed E-state index contributed by atoms with van der Waals surface area (Å²) in [6.07, 6.45) is 14.9. The lowest BCUT2D eigenvalue weighted by Gasteiger charge is -2.15. The van der Waals surface area contributed by atoms with E-state index in [1.54, 1.807) is 36.5 Å². The van der Waals surface area contributed by atoms with E-state index in [0.717, 1.165) is 25.1 Å². The standard InChI is InChI=1S/C27H25N5O3/c1-35-24-12-21(14-29-15-24)27(34)31-25-4-2-18(13-30-25)3-5-26(33)32-16-22-10-20(11-23(22)17-32)19-6-8-28-9-7-19/h2-10,12-15,22-23H,11,16-17H2,1H3,(H,30,31,34)/b5-3+. The number of carbonyl (C=O) groups is 2. The van der Waals surface area contributed by atoms with Crippen molar-refractivity contribution in [2.24, 2.45) is 11.8 Å². The van der Waals surface area contributed by atoms with Crippen LogP contribution < -0.4 is 10.1 Å². The number of carbonyl (C=O) groups excluding carboxylic acids is 2. The van der Waals surface area contributed by atoms with Gasteiger partial charge in [-0.3, -0.25) is 19.6 Å². The quantitative estimate of drug-likeness (QED) is 0.555. The average Bonchev–Trinajstić information content (AvgIpc) is 3.48. The van der Waals surface area contributed by atoms with Crippen molar-refractivity contribution >= 4 is 29.3 Å². The summed E-state index contributed by atoms with van der Waals surface area (Å²) in [5, 5.41) is 2.73. The van der Waals surface area contributed by atoms with Gasteiger partial charge in [0, 0.05) is 44.0 Å². The van der Waals surface area contributed by atoms with Crippen LogP contribution in [0.5, 0.6) is 5.75 Å². The minimum atomic E-state index is -0.330. The van der Waals surface area contributed by atoms with Gasteiger partial charge in [0.2, 0.25) is 5.91 Å². The van der Waals surface area contributed by atoms with Gasteiger partial charge in [0.05, 0.1) is 18.9 Å². The number of ether oxygens (including phenoxy) is 1. The molecule has 0 bridgehead atoms. The second kappa shape index (κ2) is 9.89. The summed E-state index contributed by atoms with van der Waals surface area (Å²) in [6.45, 7) is 1.51. The molecule has 2 unspecified atom stereocenters. The molecule has 0 aromatic carbocycles. The van der Waals surface area contributed by atoms with Crippen LogP contribution in [0.3, 0.4) is 0 Å². The predicted molar refractivity (Wildman–Crippen MR) is 132 cm³/mol. The minimum Gasteiger partial charge on any atom is -0.495 e. The molecule has 1 saturated heterocycles. The van der Waals surface area contributed by atoms with Crippen LogP contribution in [0.15, 0.2) is 73.5 Å². The summed E-state index contributed by atoms with van der Waals surface area (Å²) in [6, 6.07) is 9.19. The van der Waals surface area contributed by atoms with E-state index in [0.29, 0.717) is 29.0 Å². The topological polar surface area (TPSA) is 97.3 Å². The summed E-state index contributed by atoms with van der Waals surface area (Å²) in [5.41, 5.74) is 3.72. The molecule has 0 saturated carbocycles. The van der Waals surface area contributed by atoms with Crippen LogP contribution >= 0.6 is 0 Å². The van der Waals surface area contributed by atoms with Crippen molar-refractivity contribution in [3.63, 3.8) is 0 Å². The second-order valence-electron chi connectivity index (χ2n) is 8.68. The highest BCUT2D eigenvalue weighted by Gasteiger charge is 2.37. The fourth-order valence-electron chi connectivity index (χ4n) is 4.56. The SMILES string of the molecule is COc1cncc(C(=O)Nc2ccc(/C=C/C(=O)N3CC4C=C(c5ccncc5)CC4C3)cn2)c1. The van der Waals surface area contributed by atoms with E-state index >= 15 is 0 Å². The molecule has 2 atom stereocenters. The monoisotopic (exact) mass is 467 g/mol. The summed E-state index contributed by atoms with van der Waals surface area (Å²) in [7, 11) is 1.52. The maximum atomic E-state index is 12.7. The first kappa shape index (κ1) is 22.5. The lowest BCUT2D eigenvalue weighted by atomic mass is 9.99. The van der Waals surface area contributed by atoms with Gasteiger partial charge in [0.1, 0.15) is 11.6 Å². The molecule has 1 N–H and O–H groups in total. The van der Waals surface area contributed by atoms with Crippen molar-refractivity contribution in [1.82, 2.24) is 19.9 Å². The van der Waals surface area contributed by atoms with Gasteiger partial charge >= 0.3 is 0 Å². The number of rotatable bonds is 6. The van der Waals surface area contributed by atoms with Gasteiger partial charge in [-0.2, -0.15) is 0 Å². The number of hydrogen-bond acceptors (Lipinski definition) is 6. The van der Waals surface area contributed by atoms with E-state index in [2.05, 4.69) is 26.3 Å². The maximum Gasteiger partial charge on any atom is 0.258 e. The molecule has 2 amide bonds. The van der Waals surface area contributed by atoms with Crippen LogP contribution in [0.2, 0.25) is 0 Å². The molecule has 0 radical (unpaired) electrons. The highest BCUT2D eigenvalue weighted by Crippen LogP contribution is 2.40. The molecular weight excluding hydrogens is 442 g/mol. The van der Waals surface area contributed by atoms with Gasteiger partial charge in [0.25, 0.3) is 5.91 Å². The van der Waals surface area contributed by atoms with E-state index in [9.17, 15) is 9.59 Å². The Morgan fingerprint density at radius 3 is 2.69 bits per heavy atom. The summed E-state index contributed by atoms with van der Waals surface area (Å²) in [4.78, 5) is 39.4. The third kappa shape index (κ3) is 5.11. The average molecular weight is 468 g/mol. The first-order valence-electron chi connectivity index (χ1n) is 11.4. The molecule has 8 heteroatoms. The van der Waals surface area contributed by atoms with Crippen molar-refractivity contribution < 1.29 is 14.3 Å². The van der Waals surface area contributed by atoms with Crippen LogP contribution in [-0.4, -0.2) is 51.9 Å². The number of allylic oxidation sites excluding steroid dienone is 1. The van der Waals surface area contributed by atoms with Crippen molar-refractivity contribution in [3.8, 4) is 5.75 Å². The summed E-state index contributed by atoms with van der Waals surface area (Å²) < 4.78 is 5.10. The Hall–Kier alpha value is -4.33. The molecule has 5 rings (SSSR count). The summed E-state index contributed by atoms with van der Waals surface area (Å²) >= 11 is 0. The van der Waals surface area contributed by atoms with Gasteiger partial charge in [0.15, 0.2) is 0 Å². The van der Waals surface area contributed by atoms with E-state index in [4.69, 9.17) is 4.74 Å². The maximum absolute atomic E-state index is 12.7. The third-order valence-corrected chi connectivity index (χ3v) is 6.41. The Morgan fingerprint density at radius 1 is 1.09 bits per heavy atom. The molecular formula is C27H25N5O3. The van der Waals surface area contributed by atoms with Gasteiger partial charge in [-0.05, 0) is 71.4 Å². The molecule has 3 aromatic rings. The Labute approximate surface area is 203 Å². The number of likely N-dealkylation sites (tertiary alicyclic amines) is 1. The number of nitrogens with zero attached hydrogens (tertiary/aromatic N) is 4. The van der Waals surface area contributed by atoms with E-state index in [1.807, 2.05) is 29.4 Å². The minimum absolute atomic E-state index is 0.00108. The molecule has 2 aliphatic rings. The number of anilines is 1. The Balaban J connectivity index is 1.15. The Morgan fingerprint density at radius 2 is 1.94 bits per heavy atom. The number of amides is 2. The molecule has 3 aromatic heterocycles. The zero-order valence-electron chi connectivity index (χ0n) is 19.3. The molecule has 1 aliphatic carbocycles. The van der Waals surface area contributed by atoms with Crippen LogP contribution in [-0.2, 0) is 4.79 Å². The smallest absolute Gasteiger partial charge is 0.258 e. The van der Waals surface area contributed by atoms with Crippen LogP contribution in [0.4, 0.5) is 5.82 Å². The second-order valence-corrected chi connectivity index (χ2v) is 8.68. The molecule has 1 aliphatic heterocycles. The predicted octanol–water partition coefficient (Wildman–Crippen LogP) is 3.71. The van der Waals surface area contributed by atoms with Crippen molar-refractivity contribution in [2.75, 3.05) is 25.5 Å². The molecule has 4 heterocycles. The number of nitrogens with one attached hydrogen (secondary N) is 1. The lowest BCUT2D eigenvalue weighted by molar-refractivity contribution is -0.125. The Bertz CT molecular complexity index is 1290. The van der Waals surface area contributed by atoms with E-state index in [1.165, 1.54) is 30.6 Å². The van der Waals surface area contributed by atoms with E-state index < -0.39 is 0 Å². The number of pyridine rings is 3. The fourth-order valence-corrected chi connectivity index (χ4v) is 4.56. The van der Waals surface area contributed by atoms with Gasteiger partial charge in [-0.1, -0.05) is 6.08 Å². The number of methoxy groups -OCH3 is 1. The molecule has 176 valence electrons. The van der Waals surface area contributed by atoms with E-state index in [-0.39, 0.29) is 11.8 Å². The van der Waals surface area contributed by atoms with Crippen LogP contribution in [0.25, 0.3) is 11.6 Å². The van der Waals surface area contributed by atoms with Crippen LogP contribution in [0.1, 0.15) is 27.9 Å². The fraction of sp³-hybridized carbons (Fsp3) is 0.222. The Kier molecular flexibility index (Phi) is 6.34. The zero-order chi connectivity index (χ0) is 24.2. The highest BCUT2D eigenvalue weighted by atomic mass is 16.5. The summed E-state index contributed by atoms with van der Waals surface area (Å²) in [5.74, 6) is 1.46. The van der Waals surface area contributed by atoms with Crippen molar-refractivity contribution in [2.45, 2.75) is 6.42 Å². The largest absolute Gasteiger partial charge is 0.495 e. The van der Waals surface area contributed by atoms with Gasteiger partial charge < -0.3 is 15.0 Å². The molecule has 8 nitrogen and oxygen atoms in total. The number of aromatic nitrogens is 3. The van der Waals surface area contributed by atoms with Gasteiger partial charge in [-0.15, -0.1) is 0 Å². The van der Waals surface area contributed by atoms with Crippen LogP contribution in [0, 0.1) is 11.8 Å². The highest BCUT2D eigenvalue weighted by molar-refractivity contribution is 6.03. The lowest BCUT2D eigenvalue weighted by Crippen LogP contribution is -2.27. The number of hydrogen-bond donors (Lipinski definition) is 1. The molecule has 1 fully saturated rings.